The average Bonchev–Trinajstić information content (AvgIpc) is 2.87. The summed E-state index contributed by atoms with van der Waals surface area (Å²) in [6.07, 6.45) is 14.0. The molecule has 0 aliphatic rings. The second-order valence-electron chi connectivity index (χ2n) is 6.24. The Morgan fingerprint density at radius 2 is 1.71 bits per heavy atom. The smallest absolute Gasteiger partial charge is 0.262 e. The van der Waals surface area contributed by atoms with Crippen LogP contribution in [0.5, 0.6) is 5.75 Å². The summed E-state index contributed by atoms with van der Waals surface area (Å²) in [6, 6.07) is 4.72. The van der Waals surface area contributed by atoms with E-state index in [1.165, 1.54) is 12.1 Å². The first kappa shape index (κ1) is 33.1. The van der Waals surface area contributed by atoms with Gasteiger partial charge in [0.15, 0.2) is 12.4 Å². The van der Waals surface area contributed by atoms with E-state index in [1.807, 2.05) is 79.7 Å². The fourth-order valence-corrected chi connectivity index (χ4v) is 2.60. The maximum Gasteiger partial charge on any atom is 0.262 e. The maximum atomic E-state index is 12.9. The number of amides is 1. The topological polar surface area (TPSA) is 55.4 Å². The van der Waals surface area contributed by atoms with E-state index < -0.39 is 0 Å². The van der Waals surface area contributed by atoms with Gasteiger partial charge in [-0.1, -0.05) is 88.4 Å². The highest BCUT2D eigenvalue weighted by Gasteiger charge is 2.17. The van der Waals surface area contributed by atoms with Gasteiger partial charge in [-0.25, -0.2) is 0 Å². The number of nitrogens with one attached hydrogen (secondary N) is 1. The molecule has 0 bridgehead atoms. The number of hydrogen-bond acceptors (Lipinski definition) is 3. The molecule has 5 heteroatoms. The summed E-state index contributed by atoms with van der Waals surface area (Å²) in [4.78, 5) is 25.4. The Morgan fingerprint density at radius 3 is 2.24 bits per heavy atom. The molecule has 1 rings (SSSR count). The SMILES string of the molecule is C=C/C=C(\C=C/C)C(=O)c1cc(Cl)ccc1OCC(=O)NC(=C/C=C\C)/C(C)=C\C.CC.CC. The molecule has 1 N–H and O–H groups in total. The predicted octanol–water partition coefficient (Wildman–Crippen LogP) is 8.18. The van der Waals surface area contributed by atoms with Gasteiger partial charge >= 0.3 is 0 Å². The molecule has 1 aromatic carbocycles. The van der Waals surface area contributed by atoms with Crippen LogP contribution in [0.15, 0.2) is 90.2 Å². The van der Waals surface area contributed by atoms with Crippen molar-refractivity contribution in [1.82, 2.24) is 5.32 Å². The van der Waals surface area contributed by atoms with E-state index in [4.69, 9.17) is 16.3 Å². The number of rotatable bonds is 10. The molecule has 0 heterocycles. The van der Waals surface area contributed by atoms with E-state index in [2.05, 4.69) is 11.9 Å². The van der Waals surface area contributed by atoms with Gasteiger partial charge in [-0.3, -0.25) is 9.59 Å². The standard InChI is InChI=1S/C25H28ClNO3.2C2H6/c1-6-10-13-22(18(5)9-4)27-24(28)17-30-23-15-14-20(26)16-21(23)25(29)19(11-7-2)12-8-3;2*1-2/h6-16H,2,17H2,1,3-5H3,(H,27,28);2*1-2H3/b10-6-,12-8-,18-9-,19-11+,22-13+;;. The first-order valence-corrected chi connectivity index (χ1v) is 11.9. The zero-order valence-corrected chi connectivity index (χ0v) is 22.6. The van der Waals surface area contributed by atoms with Crippen molar-refractivity contribution in [2.24, 2.45) is 0 Å². The predicted molar refractivity (Wildman–Crippen MR) is 148 cm³/mol. The third kappa shape index (κ3) is 12.2. The first-order chi connectivity index (χ1) is 16.4. The molecule has 0 aromatic heterocycles. The Hall–Kier alpha value is -3.11. The molecule has 34 heavy (non-hydrogen) atoms. The Kier molecular flexibility index (Phi) is 19.9. The number of allylic oxidation sites excluding steroid dienone is 10. The molecule has 1 aromatic rings. The number of ether oxygens (including phenoxy) is 1. The van der Waals surface area contributed by atoms with Crippen LogP contribution in [0.3, 0.4) is 0 Å². The minimum absolute atomic E-state index is 0.254. The summed E-state index contributed by atoms with van der Waals surface area (Å²) in [6.45, 7) is 18.9. The van der Waals surface area contributed by atoms with E-state index in [0.29, 0.717) is 16.3 Å². The van der Waals surface area contributed by atoms with Crippen molar-refractivity contribution in [2.75, 3.05) is 6.61 Å². The van der Waals surface area contributed by atoms with Crippen LogP contribution >= 0.6 is 11.6 Å². The van der Waals surface area contributed by atoms with E-state index in [-0.39, 0.29) is 29.6 Å². The van der Waals surface area contributed by atoms with Crippen molar-refractivity contribution in [3.63, 3.8) is 0 Å². The van der Waals surface area contributed by atoms with Gasteiger partial charge in [0, 0.05) is 16.3 Å². The summed E-state index contributed by atoms with van der Waals surface area (Å²) in [5, 5.41) is 3.22. The summed E-state index contributed by atoms with van der Waals surface area (Å²) >= 11 is 6.09. The van der Waals surface area contributed by atoms with Gasteiger partial charge in [-0.05, 0) is 57.5 Å². The van der Waals surface area contributed by atoms with Crippen molar-refractivity contribution < 1.29 is 14.3 Å². The van der Waals surface area contributed by atoms with Crippen molar-refractivity contribution >= 4 is 23.3 Å². The number of halogens is 1. The maximum absolute atomic E-state index is 12.9. The number of hydrogen-bond donors (Lipinski definition) is 1. The highest BCUT2D eigenvalue weighted by atomic mass is 35.5. The van der Waals surface area contributed by atoms with E-state index in [9.17, 15) is 9.59 Å². The lowest BCUT2D eigenvalue weighted by Crippen LogP contribution is -2.29. The molecule has 0 saturated carbocycles. The van der Waals surface area contributed by atoms with Crippen molar-refractivity contribution in [2.45, 2.75) is 55.4 Å². The van der Waals surface area contributed by atoms with Gasteiger partial charge in [0.2, 0.25) is 0 Å². The summed E-state index contributed by atoms with van der Waals surface area (Å²) in [5.74, 6) is -0.333. The zero-order chi connectivity index (χ0) is 26.5. The van der Waals surface area contributed by atoms with E-state index in [1.54, 1.807) is 30.4 Å². The number of ketones is 1. The molecule has 0 atom stereocenters. The number of carbonyl (C=O) groups is 2. The summed E-state index contributed by atoms with van der Waals surface area (Å²) in [7, 11) is 0. The van der Waals surface area contributed by atoms with Crippen LogP contribution in [0, 0.1) is 0 Å². The molecule has 0 radical (unpaired) electrons. The van der Waals surface area contributed by atoms with Gasteiger partial charge in [0.1, 0.15) is 5.75 Å². The number of Topliss-reactive ketones (excluding diaryl/α,β-unsaturated/α-hetero) is 1. The molecule has 0 spiro atoms. The summed E-state index contributed by atoms with van der Waals surface area (Å²) in [5.41, 5.74) is 2.32. The quantitative estimate of drug-likeness (QED) is 0.206. The number of carbonyl (C=O) groups excluding carboxylic acids is 2. The largest absolute Gasteiger partial charge is 0.483 e. The first-order valence-electron chi connectivity index (χ1n) is 11.6. The molecule has 4 nitrogen and oxygen atoms in total. The van der Waals surface area contributed by atoms with Gasteiger partial charge in [0.25, 0.3) is 5.91 Å². The second-order valence-corrected chi connectivity index (χ2v) is 6.68. The fraction of sp³-hybridized carbons (Fsp3) is 0.310. The molecule has 0 unspecified atom stereocenters. The minimum Gasteiger partial charge on any atom is -0.483 e. The third-order valence-electron chi connectivity index (χ3n) is 4.04. The van der Waals surface area contributed by atoms with Crippen LogP contribution in [0.1, 0.15) is 65.7 Å². The molecular formula is C29H40ClNO3. The molecule has 0 fully saturated rings. The molecule has 1 amide bonds. The summed E-state index contributed by atoms with van der Waals surface area (Å²) < 4.78 is 5.67. The Balaban J connectivity index is 0. The van der Waals surface area contributed by atoms with Crippen molar-refractivity contribution in [3.8, 4) is 5.75 Å². The lowest BCUT2D eigenvalue weighted by atomic mass is 10.0. The molecule has 186 valence electrons. The number of benzene rings is 1. The van der Waals surface area contributed by atoms with E-state index >= 15 is 0 Å². The zero-order valence-electron chi connectivity index (χ0n) is 21.9. The molecule has 0 aliphatic heterocycles. The van der Waals surface area contributed by atoms with Crippen molar-refractivity contribution in [1.29, 1.82) is 0 Å². The van der Waals surface area contributed by atoms with Crippen molar-refractivity contribution in [3.05, 3.63) is 101 Å². The molecule has 0 saturated heterocycles. The molecule has 0 aliphatic carbocycles. The van der Waals surface area contributed by atoms with Crippen LogP contribution < -0.4 is 10.1 Å². The highest BCUT2D eigenvalue weighted by Crippen LogP contribution is 2.26. The lowest BCUT2D eigenvalue weighted by molar-refractivity contribution is -0.122. The van der Waals surface area contributed by atoms with Crippen LogP contribution in [0.25, 0.3) is 0 Å². The Morgan fingerprint density at radius 1 is 1.06 bits per heavy atom. The highest BCUT2D eigenvalue weighted by molar-refractivity contribution is 6.31. The minimum atomic E-state index is -0.337. The van der Waals surface area contributed by atoms with E-state index in [0.717, 1.165) is 5.57 Å². The normalized spacial score (nSPS) is 11.9. The average molecular weight is 486 g/mol. The van der Waals surface area contributed by atoms with Gasteiger partial charge in [0.05, 0.1) is 5.56 Å². The van der Waals surface area contributed by atoms with Crippen LogP contribution in [-0.2, 0) is 4.79 Å². The van der Waals surface area contributed by atoms with Crippen LogP contribution in [0.4, 0.5) is 0 Å². The van der Waals surface area contributed by atoms with Crippen LogP contribution in [0.2, 0.25) is 5.02 Å². The van der Waals surface area contributed by atoms with Gasteiger partial charge in [-0.2, -0.15) is 0 Å². The lowest BCUT2D eigenvalue weighted by Gasteiger charge is -2.13. The monoisotopic (exact) mass is 485 g/mol. The molecular weight excluding hydrogens is 446 g/mol. The Labute approximate surface area is 211 Å². The second kappa shape index (κ2) is 20.5. The fourth-order valence-electron chi connectivity index (χ4n) is 2.42. The van der Waals surface area contributed by atoms with Gasteiger partial charge in [-0.15, -0.1) is 0 Å². The third-order valence-corrected chi connectivity index (χ3v) is 4.27. The van der Waals surface area contributed by atoms with Gasteiger partial charge < -0.3 is 10.1 Å². The Bertz CT molecular complexity index is 935. The van der Waals surface area contributed by atoms with Crippen LogP contribution in [-0.4, -0.2) is 18.3 Å².